The van der Waals surface area contributed by atoms with Gasteiger partial charge in [-0.2, -0.15) is 16.9 Å². The summed E-state index contributed by atoms with van der Waals surface area (Å²) in [6.07, 6.45) is 1.28. The van der Waals surface area contributed by atoms with Crippen LogP contribution in [-0.4, -0.2) is 62.4 Å². The molecule has 0 spiro atoms. The van der Waals surface area contributed by atoms with Crippen LogP contribution in [0.25, 0.3) is 0 Å². The lowest BCUT2D eigenvalue weighted by molar-refractivity contribution is 0.173. The van der Waals surface area contributed by atoms with Crippen molar-refractivity contribution in [3.8, 4) is 0 Å². The lowest BCUT2D eigenvalue weighted by atomic mass is 10.2. The van der Waals surface area contributed by atoms with E-state index in [9.17, 15) is 8.42 Å². The van der Waals surface area contributed by atoms with Crippen molar-refractivity contribution in [3.05, 3.63) is 0 Å². The summed E-state index contributed by atoms with van der Waals surface area (Å²) in [6.45, 7) is 6.10. The monoisotopic (exact) mass is 252 g/mol. The number of rotatable bonds is 4. The van der Waals surface area contributed by atoms with Crippen LogP contribution in [0.3, 0.4) is 0 Å². The molecule has 4 nitrogen and oxygen atoms in total. The van der Waals surface area contributed by atoms with E-state index >= 15 is 0 Å². The molecule has 1 aliphatic heterocycles. The van der Waals surface area contributed by atoms with Crippen LogP contribution in [0.1, 0.15) is 6.92 Å². The molecule has 1 aliphatic rings. The fourth-order valence-electron chi connectivity index (χ4n) is 1.74. The molecule has 0 aromatic heterocycles. The third-order valence-corrected chi connectivity index (χ3v) is 4.61. The molecule has 1 rings (SSSR count). The molecule has 1 saturated heterocycles. The molecule has 0 aromatic carbocycles. The summed E-state index contributed by atoms with van der Waals surface area (Å²) in [6, 6.07) is 0. The van der Waals surface area contributed by atoms with E-state index in [1.54, 1.807) is 4.31 Å². The molecule has 15 heavy (non-hydrogen) atoms. The Morgan fingerprint density at radius 1 is 1.27 bits per heavy atom. The zero-order valence-corrected chi connectivity index (χ0v) is 11.1. The van der Waals surface area contributed by atoms with E-state index < -0.39 is 10.0 Å². The number of nitrogens with zero attached hydrogens (tertiary/aromatic N) is 2. The van der Waals surface area contributed by atoms with E-state index in [4.69, 9.17) is 0 Å². The van der Waals surface area contributed by atoms with Crippen molar-refractivity contribution in [2.75, 3.05) is 44.7 Å². The lowest BCUT2D eigenvalue weighted by Crippen LogP contribution is -2.49. The minimum atomic E-state index is -2.99. The molecular formula is C9H20N2O2S2. The van der Waals surface area contributed by atoms with Crippen LogP contribution in [-0.2, 0) is 10.0 Å². The van der Waals surface area contributed by atoms with Gasteiger partial charge in [0, 0.05) is 32.7 Å². The summed E-state index contributed by atoms with van der Waals surface area (Å²) in [5.41, 5.74) is 0. The molecule has 0 amide bonds. The molecule has 6 heteroatoms. The molecule has 0 aromatic rings. The highest BCUT2D eigenvalue weighted by molar-refractivity contribution is 7.88. The molecule has 1 heterocycles. The Labute approximate surface area is 98.1 Å². The molecule has 1 fully saturated rings. The van der Waals surface area contributed by atoms with Crippen LogP contribution < -0.4 is 0 Å². The maximum absolute atomic E-state index is 11.3. The number of sulfonamides is 1. The van der Waals surface area contributed by atoms with Gasteiger partial charge in [0.15, 0.2) is 0 Å². The molecular weight excluding hydrogens is 232 g/mol. The maximum atomic E-state index is 11.3. The van der Waals surface area contributed by atoms with E-state index in [1.165, 1.54) is 6.26 Å². The van der Waals surface area contributed by atoms with Gasteiger partial charge < -0.3 is 4.90 Å². The van der Waals surface area contributed by atoms with Crippen LogP contribution in [0, 0.1) is 5.92 Å². The predicted octanol–water partition coefficient (Wildman–Crippen LogP) is 0.129. The van der Waals surface area contributed by atoms with Crippen LogP contribution in [0.15, 0.2) is 0 Å². The van der Waals surface area contributed by atoms with Crippen LogP contribution in [0.4, 0.5) is 0 Å². The van der Waals surface area contributed by atoms with Crippen LogP contribution >= 0.6 is 12.6 Å². The molecule has 0 radical (unpaired) electrons. The summed E-state index contributed by atoms with van der Waals surface area (Å²) in [5.74, 6) is 1.45. The minimum absolute atomic E-state index is 0.568. The lowest BCUT2D eigenvalue weighted by Gasteiger charge is -2.34. The minimum Gasteiger partial charge on any atom is -0.300 e. The molecule has 0 N–H and O–H groups in total. The summed E-state index contributed by atoms with van der Waals surface area (Å²) in [4.78, 5) is 2.31. The van der Waals surface area contributed by atoms with E-state index in [-0.39, 0.29) is 0 Å². The Hall–Kier alpha value is 0.220. The third-order valence-electron chi connectivity index (χ3n) is 2.68. The smallest absolute Gasteiger partial charge is 0.211 e. The number of piperazine rings is 1. The van der Waals surface area contributed by atoms with Crippen molar-refractivity contribution >= 4 is 22.7 Å². The van der Waals surface area contributed by atoms with Crippen molar-refractivity contribution in [1.29, 1.82) is 0 Å². The molecule has 1 atom stereocenters. The van der Waals surface area contributed by atoms with Crippen LogP contribution in [0.2, 0.25) is 0 Å². The number of hydrogen-bond donors (Lipinski definition) is 1. The number of hydrogen-bond acceptors (Lipinski definition) is 4. The molecule has 0 bridgehead atoms. The summed E-state index contributed by atoms with van der Waals surface area (Å²) in [5, 5.41) is 0. The maximum Gasteiger partial charge on any atom is 0.211 e. The Morgan fingerprint density at radius 2 is 1.80 bits per heavy atom. The first kappa shape index (κ1) is 13.3. The first-order chi connectivity index (χ1) is 6.93. The zero-order valence-electron chi connectivity index (χ0n) is 9.39. The average Bonchev–Trinajstić information content (AvgIpc) is 2.17. The zero-order chi connectivity index (χ0) is 11.5. The van der Waals surface area contributed by atoms with Gasteiger partial charge in [-0.05, 0) is 11.7 Å². The quantitative estimate of drug-likeness (QED) is 0.723. The van der Waals surface area contributed by atoms with Crippen molar-refractivity contribution in [2.45, 2.75) is 6.92 Å². The fourth-order valence-corrected chi connectivity index (χ4v) is 2.68. The van der Waals surface area contributed by atoms with Gasteiger partial charge in [0.2, 0.25) is 10.0 Å². The second-order valence-electron chi connectivity index (χ2n) is 4.25. The summed E-state index contributed by atoms with van der Waals surface area (Å²) in [7, 11) is -2.99. The Kier molecular flexibility index (Phi) is 4.89. The Bertz CT molecular complexity index is 284. The molecule has 1 unspecified atom stereocenters. The summed E-state index contributed by atoms with van der Waals surface area (Å²) < 4.78 is 24.1. The SMILES string of the molecule is CC(CS)CN1CCN(S(C)(=O)=O)CC1. The van der Waals surface area contributed by atoms with E-state index in [0.717, 1.165) is 25.4 Å². The van der Waals surface area contributed by atoms with Crippen LogP contribution in [0.5, 0.6) is 0 Å². The second kappa shape index (κ2) is 5.52. The largest absolute Gasteiger partial charge is 0.300 e. The second-order valence-corrected chi connectivity index (χ2v) is 6.60. The highest BCUT2D eigenvalue weighted by Crippen LogP contribution is 2.08. The topological polar surface area (TPSA) is 40.6 Å². The van der Waals surface area contributed by atoms with Crippen molar-refractivity contribution < 1.29 is 8.42 Å². The first-order valence-corrected chi connectivity index (χ1v) is 7.70. The fraction of sp³-hybridized carbons (Fsp3) is 1.00. The molecule has 90 valence electrons. The van der Waals surface area contributed by atoms with E-state index in [0.29, 0.717) is 19.0 Å². The average molecular weight is 252 g/mol. The van der Waals surface area contributed by atoms with Gasteiger partial charge >= 0.3 is 0 Å². The van der Waals surface area contributed by atoms with Gasteiger partial charge in [0.05, 0.1) is 6.26 Å². The van der Waals surface area contributed by atoms with Gasteiger partial charge in [0.1, 0.15) is 0 Å². The van der Waals surface area contributed by atoms with Gasteiger partial charge in [-0.15, -0.1) is 0 Å². The third kappa shape index (κ3) is 4.30. The van der Waals surface area contributed by atoms with E-state index in [1.807, 2.05) is 0 Å². The number of thiol groups is 1. The summed E-state index contributed by atoms with van der Waals surface area (Å²) >= 11 is 4.25. The Balaban J connectivity index is 2.36. The highest BCUT2D eigenvalue weighted by atomic mass is 32.2. The molecule has 0 saturated carbocycles. The predicted molar refractivity (Wildman–Crippen MR) is 65.9 cm³/mol. The normalized spacial score (nSPS) is 22.9. The van der Waals surface area contributed by atoms with E-state index in [2.05, 4.69) is 24.5 Å². The van der Waals surface area contributed by atoms with Gasteiger partial charge in [-0.1, -0.05) is 6.92 Å². The Morgan fingerprint density at radius 3 is 2.20 bits per heavy atom. The van der Waals surface area contributed by atoms with Crippen molar-refractivity contribution in [1.82, 2.24) is 9.21 Å². The van der Waals surface area contributed by atoms with Gasteiger partial charge in [0.25, 0.3) is 0 Å². The first-order valence-electron chi connectivity index (χ1n) is 5.22. The highest BCUT2D eigenvalue weighted by Gasteiger charge is 2.23. The standard InChI is InChI=1S/C9H20N2O2S2/c1-9(8-14)7-10-3-5-11(6-4-10)15(2,12)13/h9,14H,3-8H2,1-2H3. The van der Waals surface area contributed by atoms with Crippen molar-refractivity contribution in [3.63, 3.8) is 0 Å². The van der Waals surface area contributed by atoms with Gasteiger partial charge in [-0.3, -0.25) is 0 Å². The van der Waals surface area contributed by atoms with Crippen molar-refractivity contribution in [2.24, 2.45) is 5.92 Å². The molecule has 0 aliphatic carbocycles. The van der Waals surface area contributed by atoms with Gasteiger partial charge in [-0.25, -0.2) is 8.42 Å².